The van der Waals surface area contributed by atoms with E-state index in [0.717, 1.165) is 5.56 Å². The van der Waals surface area contributed by atoms with E-state index in [0.29, 0.717) is 17.0 Å². The first-order chi connectivity index (χ1) is 12.1. The van der Waals surface area contributed by atoms with Crippen molar-refractivity contribution in [2.24, 2.45) is 0 Å². The van der Waals surface area contributed by atoms with E-state index >= 15 is 0 Å². The molecule has 0 unspecified atom stereocenters. The minimum atomic E-state index is -0.485. The van der Waals surface area contributed by atoms with Gasteiger partial charge in [-0.05, 0) is 31.2 Å². The van der Waals surface area contributed by atoms with Gasteiger partial charge in [0, 0.05) is 5.56 Å². The number of hydrazine groups is 1. The van der Waals surface area contributed by atoms with Crippen molar-refractivity contribution in [1.82, 2.24) is 5.43 Å². The topological polar surface area (TPSA) is 82.4 Å². The number of nitrogens with one attached hydrogen (secondary N) is 1. The van der Waals surface area contributed by atoms with Gasteiger partial charge in [-0.15, -0.1) is 0 Å². The van der Waals surface area contributed by atoms with Crippen LogP contribution in [0.25, 0.3) is 6.08 Å². The van der Waals surface area contributed by atoms with Crippen molar-refractivity contribution >= 4 is 23.6 Å². The first-order valence-corrected chi connectivity index (χ1v) is 7.63. The third kappa shape index (κ3) is 3.35. The number of aryl methyl sites for hydroxylation is 1. The number of anilines is 1. The Bertz CT molecular complexity index is 895. The van der Waals surface area contributed by atoms with Crippen LogP contribution in [0.1, 0.15) is 11.1 Å². The molecule has 1 aliphatic heterocycles. The molecular formula is C19H15N3O3. The average molecular weight is 333 g/mol. The van der Waals surface area contributed by atoms with Gasteiger partial charge in [0.2, 0.25) is 0 Å². The summed E-state index contributed by atoms with van der Waals surface area (Å²) < 4.78 is 5.33. The smallest absolute Gasteiger partial charge is 0.282 e. The highest BCUT2D eigenvalue weighted by molar-refractivity contribution is 6.31. The zero-order valence-electron chi connectivity index (χ0n) is 13.5. The molecule has 0 aromatic heterocycles. The van der Waals surface area contributed by atoms with Crippen molar-refractivity contribution in [3.05, 3.63) is 65.2 Å². The van der Waals surface area contributed by atoms with Gasteiger partial charge in [-0.3, -0.25) is 15.0 Å². The van der Waals surface area contributed by atoms with E-state index in [1.807, 2.05) is 25.1 Å². The molecule has 6 heteroatoms. The lowest BCUT2D eigenvalue weighted by Gasteiger charge is -2.14. The molecule has 0 atom stereocenters. The van der Waals surface area contributed by atoms with Gasteiger partial charge in [-0.25, -0.2) is 5.01 Å². The standard InChI is InChI=1S/C19H15N3O3/c1-13-6-8-15(9-7-13)22-19(24)16(18(23)21-22)12-14-4-2-3-5-17(14)25-11-10-20/h2-9,12H,11H2,1H3,(H,21,23)/b16-12-. The summed E-state index contributed by atoms with van der Waals surface area (Å²) in [4.78, 5) is 24.8. The average Bonchev–Trinajstić information content (AvgIpc) is 2.90. The normalized spacial score (nSPS) is 15.2. The van der Waals surface area contributed by atoms with Gasteiger partial charge >= 0.3 is 0 Å². The summed E-state index contributed by atoms with van der Waals surface area (Å²) in [5, 5.41) is 9.87. The third-order valence-electron chi connectivity index (χ3n) is 3.69. The first-order valence-electron chi connectivity index (χ1n) is 7.63. The summed E-state index contributed by atoms with van der Waals surface area (Å²) in [6, 6.07) is 16.1. The number of hydrogen-bond acceptors (Lipinski definition) is 4. The second-order valence-electron chi connectivity index (χ2n) is 5.46. The summed E-state index contributed by atoms with van der Waals surface area (Å²) in [6.45, 7) is 1.83. The van der Waals surface area contributed by atoms with E-state index in [9.17, 15) is 9.59 Å². The zero-order chi connectivity index (χ0) is 17.8. The van der Waals surface area contributed by atoms with Crippen molar-refractivity contribution in [2.75, 3.05) is 11.6 Å². The molecule has 2 aromatic rings. The van der Waals surface area contributed by atoms with Gasteiger partial charge in [0.05, 0.1) is 5.69 Å². The first kappa shape index (κ1) is 16.3. The van der Waals surface area contributed by atoms with Crippen LogP contribution in [0, 0.1) is 18.3 Å². The fourth-order valence-electron chi connectivity index (χ4n) is 2.43. The molecule has 1 saturated heterocycles. The Kier molecular flexibility index (Phi) is 4.48. The van der Waals surface area contributed by atoms with Gasteiger partial charge < -0.3 is 4.74 Å². The molecule has 6 nitrogen and oxygen atoms in total. The highest BCUT2D eigenvalue weighted by atomic mass is 16.5. The van der Waals surface area contributed by atoms with E-state index in [1.54, 1.807) is 36.4 Å². The Hall–Kier alpha value is -3.59. The van der Waals surface area contributed by atoms with Crippen LogP contribution in [-0.4, -0.2) is 18.4 Å². The van der Waals surface area contributed by atoms with Crippen molar-refractivity contribution in [3.8, 4) is 11.8 Å². The molecule has 0 aliphatic carbocycles. The minimum Gasteiger partial charge on any atom is -0.478 e. The number of rotatable bonds is 4. The van der Waals surface area contributed by atoms with Crippen LogP contribution in [0.3, 0.4) is 0 Å². The summed E-state index contributed by atoms with van der Waals surface area (Å²) in [6.07, 6.45) is 1.47. The Morgan fingerprint density at radius 3 is 2.60 bits per heavy atom. The summed E-state index contributed by atoms with van der Waals surface area (Å²) in [7, 11) is 0. The molecule has 2 aromatic carbocycles. The number of carbonyl (C=O) groups excluding carboxylic acids is 2. The molecule has 0 radical (unpaired) electrons. The van der Waals surface area contributed by atoms with E-state index < -0.39 is 11.8 Å². The molecule has 2 amide bonds. The fraction of sp³-hybridized carbons (Fsp3) is 0.105. The number of para-hydroxylation sites is 1. The predicted molar refractivity (Wildman–Crippen MR) is 92.3 cm³/mol. The monoisotopic (exact) mass is 333 g/mol. The summed E-state index contributed by atoms with van der Waals surface area (Å²) in [5.74, 6) is -0.490. The molecule has 0 spiro atoms. The quantitative estimate of drug-likeness (QED) is 0.688. The number of hydrogen-bond donors (Lipinski definition) is 1. The van der Waals surface area contributed by atoms with Gasteiger partial charge in [-0.2, -0.15) is 5.26 Å². The van der Waals surface area contributed by atoms with Crippen LogP contribution in [0.2, 0.25) is 0 Å². The van der Waals surface area contributed by atoms with Crippen molar-refractivity contribution in [2.45, 2.75) is 6.92 Å². The number of amides is 2. The maximum Gasteiger partial charge on any atom is 0.282 e. The number of nitrogens with zero attached hydrogens (tertiary/aromatic N) is 2. The lowest BCUT2D eigenvalue weighted by Crippen LogP contribution is -2.35. The maximum absolute atomic E-state index is 12.6. The Morgan fingerprint density at radius 1 is 1.16 bits per heavy atom. The van der Waals surface area contributed by atoms with Crippen molar-refractivity contribution in [1.29, 1.82) is 5.26 Å². The van der Waals surface area contributed by atoms with Crippen molar-refractivity contribution < 1.29 is 14.3 Å². The highest BCUT2D eigenvalue weighted by Crippen LogP contribution is 2.25. The fourth-order valence-corrected chi connectivity index (χ4v) is 2.43. The van der Waals surface area contributed by atoms with Gasteiger partial charge in [-0.1, -0.05) is 35.9 Å². The molecule has 124 valence electrons. The number of carbonyl (C=O) groups is 2. The highest BCUT2D eigenvalue weighted by Gasteiger charge is 2.34. The third-order valence-corrected chi connectivity index (χ3v) is 3.69. The second-order valence-corrected chi connectivity index (χ2v) is 5.46. The predicted octanol–water partition coefficient (Wildman–Crippen LogP) is 2.36. The van der Waals surface area contributed by atoms with Crippen LogP contribution in [-0.2, 0) is 9.59 Å². The van der Waals surface area contributed by atoms with Gasteiger partial charge in [0.1, 0.15) is 17.4 Å². The molecule has 1 heterocycles. The molecule has 0 saturated carbocycles. The molecular weight excluding hydrogens is 318 g/mol. The van der Waals surface area contributed by atoms with E-state index in [2.05, 4.69) is 5.43 Å². The number of benzene rings is 2. The number of ether oxygens (including phenoxy) is 1. The Labute approximate surface area is 144 Å². The Balaban J connectivity index is 1.92. The molecule has 1 N–H and O–H groups in total. The largest absolute Gasteiger partial charge is 0.478 e. The maximum atomic E-state index is 12.6. The van der Waals surface area contributed by atoms with Crippen LogP contribution in [0.15, 0.2) is 54.1 Å². The van der Waals surface area contributed by atoms with Crippen LogP contribution in [0.5, 0.6) is 5.75 Å². The van der Waals surface area contributed by atoms with E-state index in [4.69, 9.17) is 10.00 Å². The zero-order valence-corrected chi connectivity index (χ0v) is 13.5. The molecule has 1 aliphatic rings. The van der Waals surface area contributed by atoms with Crippen molar-refractivity contribution in [3.63, 3.8) is 0 Å². The number of nitriles is 1. The van der Waals surface area contributed by atoms with E-state index in [1.165, 1.54) is 11.1 Å². The van der Waals surface area contributed by atoms with Crippen LogP contribution >= 0.6 is 0 Å². The SMILES string of the molecule is Cc1ccc(N2NC(=O)/C(=C/c3ccccc3OCC#N)C2=O)cc1. The second kappa shape index (κ2) is 6.89. The lowest BCUT2D eigenvalue weighted by atomic mass is 10.1. The lowest BCUT2D eigenvalue weighted by molar-refractivity contribution is -0.117. The van der Waals surface area contributed by atoms with E-state index in [-0.39, 0.29) is 12.2 Å². The molecule has 1 fully saturated rings. The molecule has 3 rings (SSSR count). The van der Waals surface area contributed by atoms with Crippen LogP contribution in [0.4, 0.5) is 5.69 Å². The summed E-state index contributed by atoms with van der Waals surface area (Å²) in [5.41, 5.74) is 4.76. The molecule has 25 heavy (non-hydrogen) atoms. The van der Waals surface area contributed by atoms with Gasteiger partial charge in [0.25, 0.3) is 11.8 Å². The Morgan fingerprint density at radius 2 is 1.88 bits per heavy atom. The molecule has 0 bridgehead atoms. The van der Waals surface area contributed by atoms with Crippen LogP contribution < -0.4 is 15.2 Å². The summed E-state index contributed by atoms with van der Waals surface area (Å²) >= 11 is 0. The minimum absolute atomic E-state index is 0.00795. The van der Waals surface area contributed by atoms with Gasteiger partial charge in [0.15, 0.2) is 6.61 Å².